The van der Waals surface area contributed by atoms with Crippen molar-refractivity contribution in [2.75, 3.05) is 13.2 Å². The monoisotopic (exact) mass is 314 g/mol. The minimum Gasteiger partial charge on any atom is -0.481 e. The minimum atomic E-state index is -0.832. The Morgan fingerprint density at radius 1 is 0.826 bits per heavy atom. The van der Waals surface area contributed by atoms with E-state index >= 15 is 0 Å². The van der Waals surface area contributed by atoms with Crippen molar-refractivity contribution in [1.82, 2.24) is 0 Å². The Hall–Kier alpha value is -2.17. The highest BCUT2D eigenvalue weighted by Crippen LogP contribution is 2.10. The van der Waals surface area contributed by atoms with Gasteiger partial charge in [0.15, 0.2) is 0 Å². The maximum atomic E-state index is 11.0. The summed E-state index contributed by atoms with van der Waals surface area (Å²) in [7, 11) is 0. The van der Waals surface area contributed by atoms with Gasteiger partial charge in [-0.1, -0.05) is 60.7 Å². The fourth-order valence-electron chi connectivity index (χ4n) is 2.25. The molecule has 0 atom stereocenters. The van der Waals surface area contributed by atoms with Gasteiger partial charge in [0.25, 0.3) is 0 Å². The molecule has 122 valence electrons. The first-order valence-electron chi connectivity index (χ1n) is 7.69. The van der Waals surface area contributed by atoms with Gasteiger partial charge in [-0.3, -0.25) is 4.79 Å². The van der Waals surface area contributed by atoms with Crippen LogP contribution in [0.5, 0.6) is 0 Å². The summed E-state index contributed by atoms with van der Waals surface area (Å²) in [5.74, 6) is -0.985. The third-order valence-electron chi connectivity index (χ3n) is 3.39. The normalized spacial score (nSPS) is 10.8. The minimum absolute atomic E-state index is 0.0452. The van der Waals surface area contributed by atoms with Gasteiger partial charge in [0.1, 0.15) is 0 Å². The summed E-state index contributed by atoms with van der Waals surface area (Å²) < 4.78 is 11.3. The first-order chi connectivity index (χ1) is 11.2. The smallest absolute Gasteiger partial charge is 0.303 e. The molecule has 0 spiro atoms. The van der Waals surface area contributed by atoms with Crippen LogP contribution in [0.3, 0.4) is 0 Å². The maximum absolute atomic E-state index is 11.0. The molecule has 0 saturated heterocycles. The van der Waals surface area contributed by atoms with Crippen molar-refractivity contribution >= 4 is 5.97 Å². The number of rotatable bonds is 10. The van der Waals surface area contributed by atoms with Crippen molar-refractivity contribution in [1.29, 1.82) is 0 Å². The molecule has 0 amide bonds. The molecule has 0 saturated carbocycles. The van der Waals surface area contributed by atoms with Gasteiger partial charge in [-0.25, -0.2) is 0 Å². The molecule has 0 heterocycles. The van der Waals surface area contributed by atoms with E-state index in [1.165, 1.54) is 0 Å². The van der Waals surface area contributed by atoms with E-state index < -0.39 is 5.97 Å². The number of carboxylic acid groups (broad SMARTS) is 1. The number of aliphatic carboxylic acids is 1. The summed E-state index contributed by atoms with van der Waals surface area (Å²) in [5, 5.41) is 9.01. The van der Waals surface area contributed by atoms with Crippen LogP contribution in [0, 0.1) is 5.92 Å². The lowest BCUT2D eigenvalue weighted by molar-refractivity contribution is -0.139. The molecule has 2 aromatic carbocycles. The quantitative estimate of drug-likeness (QED) is 0.729. The summed E-state index contributed by atoms with van der Waals surface area (Å²) in [6.45, 7) is 1.71. The van der Waals surface area contributed by atoms with Crippen LogP contribution in [-0.4, -0.2) is 24.3 Å². The van der Waals surface area contributed by atoms with E-state index in [4.69, 9.17) is 14.6 Å². The first kappa shape index (κ1) is 17.2. The van der Waals surface area contributed by atoms with Crippen LogP contribution in [0.25, 0.3) is 0 Å². The molecule has 23 heavy (non-hydrogen) atoms. The van der Waals surface area contributed by atoms with Crippen molar-refractivity contribution < 1.29 is 19.4 Å². The molecule has 0 unspecified atom stereocenters. The summed E-state index contributed by atoms with van der Waals surface area (Å²) in [6.07, 6.45) is 0.0452. The molecule has 1 N–H and O–H groups in total. The third kappa shape index (κ3) is 7.08. The van der Waals surface area contributed by atoms with Gasteiger partial charge in [-0.15, -0.1) is 0 Å². The Kier molecular flexibility index (Phi) is 7.30. The summed E-state index contributed by atoms with van der Waals surface area (Å²) in [5.41, 5.74) is 2.15. The molecular weight excluding hydrogens is 292 g/mol. The van der Waals surface area contributed by atoms with Gasteiger partial charge < -0.3 is 14.6 Å². The van der Waals surface area contributed by atoms with Crippen LogP contribution >= 0.6 is 0 Å². The summed E-state index contributed by atoms with van der Waals surface area (Å²) >= 11 is 0. The molecule has 2 rings (SSSR count). The average Bonchev–Trinajstić information content (AvgIpc) is 2.56. The standard InChI is InChI=1S/C19H22O4/c20-19(21)11-18(14-22-12-16-7-3-1-4-8-16)15-23-13-17-9-5-2-6-10-17/h1-10,18H,11-15H2,(H,20,21). The number of hydrogen-bond acceptors (Lipinski definition) is 3. The van der Waals surface area contributed by atoms with Gasteiger partial charge in [0.2, 0.25) is 0 Å². The Balaban J connectivity index is 1.74. The molecule has 4 heteroatoms. The highest BCUT2D eigenvalue weighted by molar-refractivity contribution is 5.67. The number of carbonyl (C=O) groups is 1. The Bertz CT molecular complexity index is 523. The molecule has 0 aromatic heterocycles. The van der Waals surface area contributed by atoms with E-state index in [9.17, 15) is 4.79 Å². The van der Waals surface area contributed by atoms with Crippen LogP contribution in [0.15, 0.2) is 60.7 Å². The number of ether oxygens (including phenoxy) is 2. The highest BCUT2D eigenvalue weighted by atomic mass is 16.5. The van der Waals surface area contributed by atoms with Gasteiger partial charge in [0, 0.05) is 5.92 Å². The van der Waals surface area contributed by atoms with Crippen LogP contribution in [-0.2, 0) is 27.5 Å². The van der Waals surface area contributed by atoms with Gasteiger partial charge in [-0.05, 0) is 11.1 Å². The molecule has 0 radical (unpaired) electrons. The maximum Gasteiger partial charge on any atom is 0.303 e. The van der Waals surface area contributed by atoms with Crippen molar-refractivity contribution in [2.45, 2.75) is 19.6 Å². The lowest BCUT2D eigenvalue weighted by atomic mass is 10.1. The zero-order valence-corrected chi connectivity index (χ0v) is 13.1. The predicted octanol–water partition coefficient (Wildman–Crippen LogP) is 3.51. The van der Waals surface area contributed by atoms with Crippen LogP contribution in [0.1, 0.15) is 17.5 Å². The Morgan fingerprint density at radius 3 is 1.65 bits per heavy atom. The fourth-order valence-corrected chi connectivity index (χ4v) is 2.25. The van der Waals surface area contributed by atoms with Crippen LogP contribution in [0.4, 0.5) is 0 Å². The van der Waals surface area contributed by atoms with Crippen LogP contribution in [0.2, 0.25) is 0 Å². The number of benzene rings is 2. The molecule has 0 aliphatic heterocycles. The van der Waals surface area contributed by atoms with Crippen molar-refractivity contribution in [2.24, 2.45) is 5.92 Å². The predicted molar refractivity (Wildman–Crippen MR) is 87.9 cm³/mol. The van der Waals surface area contributed by atoms with Gasteiger partial charge in [-0.2, -0.15) is 0 Å². The topological polar surface area (TPSA) is 55.8 Å². The molecular formula is C19H22O4. The van der Waals surface area contributed by atoms with Crippen molar-refractivity contribution in [3.63, 3.8) is 0 Å². The van der Waals surface area contributed by atoms with E-state index in [0.29, 0.717) is 26.4 Å². The molecule has 0 bridgehead atoms. The van der Waals surface area contributed by atoms with Crippen molar-refractivity contribution in [3.8, 4) is 0 Å². The van der Waals surface area contributed by atoms with E-state index in [2.05, 4.69) is 0 Å². The second-order valence-electron chi connectivity index (χ2n) is 5.47. The molecule has 0 fully saturated rings. The third-order valence-corrected chi connectivity index (χ3v) is 3.39. The average molecular weight is 314 g/mol. The Labute approximate surface area is 136 Å². The first-order valence-corrected chi connectivity index (χ1v) is 7.69. The molecule has 0 aliphatic rings. The Morgan fingerprint density at radius 2 is 1.26 bits per heavy atom. The SMILES string of the molecule is O=C(O)CC(COCc1ccccc1)COCc1ccccc1. The second-order valence-corrected chi connectivity index (χ2v) is 5.47. The number of hydrogen-bond donors (Lipinski definition) is 1. The van der Waals surface area contributed by atoms with Gasteiger partial charge in [0.05, 0.1) is 32.8 Å². The zero-order chi connectivity index (χ0) is 16.3. The lowest BCUT2D eigenvalue weighted by Gasteiger charge is -2.15. The van der Waals surface area contributed by atoms with E-state index in [-0.39, 0.29) is 12.3 Å². The van der Waals surface area contributed by atoms with Crippen molar-refractivity contribution in [3.05, 3.63) is 71.8 Å². The zero-order valence-electron chi connectivity index (χ0n) is 13.1. The highest BCUT2D eigenvalue weighted by Gasteiger charge is 2.14. The largest absolute Gasteiger partial charge is 0.481 e. The van der Waals surface area contributed by atoms with Gasteiger partial charge >= 0.3 is 5.97 Å². The molecule has 4 nitrogen and oxygen atoms in total. The second kappa shape index (κ2) is 9.77. The van der Waals surface area contributed by atoms with E-state index in [1.807, 2.05) is 60.7 Å². The molecule has 0 aliphatic carbocycles. The van der Waals surface area contributed by atoms with Crippen LogP contribution < -0.4 is 0 Å². The molecule has 2 aromatic rings. The fraction of sp³-hybridized carbons (Fsp3) is 0.316. The van der Waals surface area contributed by atoms with E-state index in [1.54, 1.807) is 0 Å². The lowest BCUT2D eigenvalue weighted by Crippen LogP contribution is -2.20. The number of carboxylic acids is 1. The van der Waals surface area contributed by atoms with E-state index in [0.717, 1.165) is 11.1 Å². The summed E-state index contributed by atoms with van der Waals surface area (Å²) in [6, 6.07) is 19.7. The summed E-state index contributed by atoms with van der Waals surface area (Å²) in [4.78, 5) is 11.0.